The summed E-state index contributed by atoms with van der Waals surface area (Å²) in [4.78, 5) is 24.1. The second-order valence-corrected chi connectivity index (χ2v) is 4.12. The van der Waals surface area contributed by atoms with Crippen molar-refractivity contribution in [2.45, 2.75) is 13.3 Å². The summed E-state index contributed by atoms with van der Waals surface area (Å²) < 4.78 is 45.1. The van der Waals surface area contributed by atoms with Crippen LogP contribution in [0.15, 0.2) is 18.2 Å². The van der Waals surface area contributed by atoms with Gasteiger partial charge in [0, 0.05) is 5.39 Å². The monoisotopic (exact) mass is 318 g/mol. The summed E-state index contributed by atoms with van der Waals surface area (Å²) in [5, 5.41) is 11.0. The molecule has 2 rings (SSSR count). The number of hydrogen-bond donors (Lipinski definition) is 1. The number of aromatic amines is 1. The molecule has 22 heavy (non-hydrogen) atoms. The Morgan fingerprint density at radius 2 is 2.05 bits per heavy atom. The number of carbonyl (C=O) groups is 1. The van der Waals surface area contributed by atoms with Crippen molar-refractivity contribution in [3.8, 4) is 5.75 Å². The van der Waals surface area contributed by atoms with Gasteiger partial charge in [-0.05, 0) is 19.1 Å². The first-order valence-corrected chi connectivity index (χ1v) is 5.95. The van der Waals surface area contributed by atoms with E-state index in [4.69, 9.17) is 4.74 Å². The number of nitrogens with one attached hydrogen (secondary N) is 1. The van der Waals surface area contributed by atoms with Gasteiger partial charge in [0.2, 0.25) is 0 Å². The first-order chi connectivity index (χ1) is 10.2. The first-order valence-electron chi connectivity index (χ1n) is 5.95. The molecule has 0 unspecified atom stereocenters. The average Bonchev–Trinajstić information content (AvgIpc) is 2.79. The molecule has 0 atom stereocenters. The van der Waals surface area contributed by atoms with E-state index in [0.717, 1.165) is 12.1 Å². The van der Waals surface area contributed by atoms with Crippen LogP contribution in [-0.4, -0.2) is 28.8 Å². The smallest absolute Gasteiger partial charge is 0.461 e. The molecular formula is C12H9F3N2O5. The number of alkyl halides is 3. The highest BCUT2D eigenvalue weighted by Gasteiger charge is 2.32. The van der Waals surface area contributed by atoms with Crippen molar-refractivity contribution in [1.29, 1.82) is 0 Å². The number of H-pyrrole nitrogens is 1. The van der Waals surface area contributed by atoms with Crippen molar-refractivity contribution in [2.75, 3.05) is 6.61 Å². The molecule has 1 heterocycles. The van der Waals surface area contributed by atoms with Gasteiger partial charge >= 0.3 is 12.3 Å². The molecule has 1 N–H and O–H groups in total. The highest BCUT2D eigenvalue weighted by Crippen LogP contribution is 2.33. The van der Waals surface area contributed by atoms with Crippen LogP contribution in [0, 0.1) is 10.1 Å². The summed E-state index contributed by atoms with van der Waals surface area (Å²) >= 11 is 0. The topological polar surface area (TPSA) is 94.5 Å². The molecule has 10 heteroatoms. The number of ether oxygens (including phenoxy) is 2. The zero-order chi connectivity index (χ0) is 16.5. The number of aromatic nitrogens is 1. The summed E-state index contributed by atoms with van der Waals surface area (Å²) in [5.74, 6) is -1.52. The second kappa shape index (κ2) is 5.54. The van der Waals surface area contributed by atoms with Crippen molar-refractivity contribution >= 4 is 22.6 Å². The number of nitro groups is 1. The van der Waals surface area contributed by atoms with Crippen molar-refractivity contribution in [2.24, 2.45) is 0 Å². The highest BCUT2D eigenvalue weighted by atomic mass is 19.4. The molecule has 0 amide bonds. The molecule has 7 nitrogen and oxygen atoms in total. The molecule has 118 valence electrons. The molecule has 0 aliphatic rings. The number of rotatable bonds is 4. The van der Waals surface area contributed by atoms with Crippen molar-refractivity contribution in [1.82, 2.24) is 4.98 Å². The van der Waals surface area contributed by atoms with E-state index < -0.39 is 28.7 Å². The Kier molecular flexibility index (Phi) is 3.93. The lowest BCUT2D eigenvalue weighted by Gasteiger charge is -2.08. The summed E-state index contributed by atoms with van der Waals surface area (Å²) in [5.41, 5.74) is -0.848. The van der Waals surface area contributed by atoms with E-state index >= 15 is 0 Å². The fourth-order valence-corrected chi connectivity index (χ4v) is 1.85. The van der Waals surface area contributed by atoms with Crippen LogP contribution < -0.4 is 4.74 Å². The fraction of sp³-hybridized carbons (Fsp3) is 0.250. The molecule has 1 aromatic heterocycles. The van der Waals surface area contributed by atoms with Gasteiger partial charge in [0.05, 0.1) is 17.6 Å². The van der Waals surface area contributed by atoms with E-state index in [-0.39, 0.29) is 23.2 Å². The van der Waals surface area contributed by atoms with E-state index in [0.29, 0.717) is 6.07 Å². The second-order valence-electron chi connectivity index (χ2n) is 4.12. The van der Waals surface area contributed by atoms with Crippen LogP contribution >= 0.6 is 0 Å². The minimum Gasteiger partial charge on any atom is -0.461 e. The lowest BCUT2D eigenvalue weighted by Crippen LogP contribution is -2.17. The molecular weight excluding hydrogens is 309 g/mol. The molecule has 1 aromatic carbocycles. The summed E-state index contributed by atoms with van der Waals surface area (Å²) in [6.07, 6.45) is -4.98. The lowest BCUT2D eigenvalue weighted by atomic mass is 10.2. The minimum atomic E-state index is -4.98. The third-order valence-corrected chi connectivity index (χ3v) is 2.61. The van der Waals surface area contributed by atoms with Gasteiger partial charge < -0.3 is 14.5 Å². The summed E-state index contributed by atoms with van der Waals surface area (Å²) in [6, 6.07) is 2.72. The Hall–Kier alpha value is -2.78. The van der Waals surface area contributed by atoms with E-state index in [1.54, 1.807) is 6.92 Å². The zero-order valence-corrected chi connectivity index (χ0v) is 11.1. The molecule has 0 saturated heterocycles. The number of benzene rings is 1. The predicted octanol–water partition coefficient (Wildman–Crippen LogP) is 3.15. The normalized spacial score (nSPS) is 11.5. The van der Waals surface area contributed by atoms with Crippen LogP contribution in [-0.2, 0) is 4.74 Å². The van der Waals surface area contributed by atoms with Gasteiger partial charge in [0.25, 0.3) is 5.69 Å². The van der Waals surface area contributed by atoms with E-state index in [1.165, 1.54) is 0 Å². The van der Waals surface area contributed by atoms with Crippen molar-refractivity contribution in [3.05, 3.63) is 34.0 Å². The van der Waals surface area contributed by atoms with E-state index in [2.05, 4.69) is 9.72 Å². The molecule has 0 saturated carbocycles. The van der Waals surface area contributed by atoms with E-state index in [9.17, 15) is 28.1 Å². The number of halogens is 3. The van der Waals surface area contributed by atoms with Gasteiger partial charge in [0.15, 0.2) is 0 Å². The standard InChI is InChI=1S/C12H9F3N2O5/c1-2-21-11(18)8-4-6-3-7(22-12(13,14)15)5-9(17(19)20)10(6)16-8/h3-5,16H,2H2,1H3. The first kappa shape index (κ1) is 15.6. The van der Waals surface area contributed by atoms with Crippen molar-refractivity contribution < 1.29 is 32.4 Å². The third kappa shape index (κ3) is 3.27. The van der Waals surface area contributed by atoms with Crippen LogP contribution in [0.2, 0.25) is 0 Å². The SMILES string of the molecule is CCOC(=O)c1cc2cc(OC(F)(F)F)cc([N+](=O)[O-])c2[nH]1. The van der Waals surface area contributed by atoms with Crippen LogP contribution in [0.1, 0.15) is 17.4 Å². The maximum Gasteiger partial charge on any atom is 0.573 e. The average molecular weight is 318 g/mol. The number of non-ortho nitro benzene ring substituents is 1. The third-order valence-electron chi connectivity index (χ3n) is 2.61. The number of hydrogen-bond acceptors (Lipinski definition) is 5. The Morgan fingerprint density at radius 1 is 1.36 bits per heavy atom. The number of fused-ring (bicyclic) bond motifs is 1. The maximum absolute atomic E-state index is 12.2. The Bertz CT molecular complexity index is 738. The number of nitro benzene ring substituents is 1. The summed E-state index contributed by atoms with van der Waals surface area (Å²) in [7, 11) is 0. The molecule has 0 fully saturated rings. The molecule has 0 radical (unpaired) electrons. The highest BCUT2D eigenvalue weighted by molar-refractivity contribution is 5.98. The Morgan fingerprint density at radius 3 is 2.59 bits per heavy atom. The van der Waals surface area contributed by atoms with Crippen LogP contribution in [0.5, 0.6) is 5.75 Å². The number of esters is 1. The largest absolute Gasteiger partial charge is 0.573 e. The maximum atomic E-state index is 12.2. The Balaban J connectivity index is 2.56. The van der Waals surface area contributed by atoms with Gasteiger partial charge in [0.1, 0.15) is 17.0 Å². The fourth-order valence-electron chi connectivity index (χ4n) is 1.85. The van der Waals surface area contributed by atoms with Gasteiger partial charge in [-0.2, -0.15) is 0 Å². The van der Waals surface area contributed by atoms with Gasteiger partial charge in [-0.1, -0.05) is 0 Å². The molecule has 0 aliphatic heterocycles. The summed E-state index contributed by atoms with van der Waals surface area (Å²) in [6.45, 7) is 1.65. The molecule has 0 spiro atoms. The van der Waals surface area contributed by atoms with Crippen LogP contribution in [0.4, 0.5) is 18.9 Å². The lowest BCUT2D eigenvalue weighted by molar-refractivity contribution is -0.383. The van der Waals surface area contributed by atoms with Gasteiger partial charge in [-0.25, -0.2) is 4.79 Å². The molecule has 0 aliphatic carbocycles. The predicted molar refractivity (Wildman–Crippen MR) is 67.6 cm³/mol. The van der Waals surface area contributed by atoms with Gasteiger partial charge in [-0.15, -0.1) is 13.2 Å². The number of nitrogens with zero attached hydrogens (tertiary/aromatic N) is 1. The minimum absolute atomic E-state index is 0.0245. The van der Waals surface area contributed by atoms with Crippen molar-refractivity contribution in [3.63, 3.8) is 0 Å². The van der Waals surface area contributed by atoms with Crippen LogP contribution in [0.25, 0.3) is 10.9 Å². The van der Waals surface area contributed by atoms with Gasteiger partial charge in [-0.3, -0.25) is 10.1 Å². The van der Waals surface area contributed by atoms with Crippen LogP contribution in [0.3, 0.4) is 0 Å². The quantitative estimate of drug-likeness (QED) is 0.531. The number of carbonyl (C=O) groups excluding carboxylic acids is 1. The molecule has 2 aromatic rings. The van der Waals surface area contributed by atoms with E-state index in [1.807, 2.05) is 0 Å². The molecule has 0 bridgehead atoms. The zero-order valence-electron chi connectivity index (χ0n) is 11.1. The Labute approximate surface area is 120 Å².